The number of hydrogen-bond donors (Lipinski definition) is 2. The Kier molecular flexibility index (Phi) is 2.95. The van der Waals surface area contributed by atoms with Crippen LogP contribution in [0.1, 0.15) is 11.1 Å². The van der Waals surface area contributed by atoms with E-state index >= 15 is 0 Å². The van der Waals surface area contributed by atoms with Gasteiger partial charge < -0.3 is 10.8 Å². The van der Waals surface area contributed by atoms with Gasteiger partial charge in [0.15, 0.2) is 0 Å². The molecule has 14 heavy (non-hydrogen) atoms. The molecule has 0 saturated heterocycles. The van der Waals surface area contributed by atoms with Crippen molar-refractivity contribution in [2.75, 3.05) is 5.73 Å². The van der Waals surface area contributed by atoms with Gasteiger partial charge in [0, 0.05) is 0 Å². The van der Waals surface area contributed by atoms with Crippen molar-refractivity contribution in [3.63, 3.8) is 0 Å². The van der Waals surface area contributed by atoms with Crippen molar-refractivity contribution in [3.8, 4) is 6.07 Å². The zero-order valence-electron chi connectivity index (χ0n) is 7.12. The maximum Gasteiger partial charge on any atom is 0.307 e. The third-order valence-corrected chi connectivity index (χ3v) is 2.01. The molecule has 0 aromatic heterocycles. The molecule has 1 aromatic rings. The second kappa shape index (κ2) is 3.99. The van der Waals surface area contributed by atoms with Gasteiger partial charge in [-0.25, -0.2) is 0 Å². The maximum absolute atomic E-state index is 10.4. The molecule has 72 valence electrons. The molecule has 3 N–H and O–H groups in total. The van der Waals surface area contributed by atoms with Gasteiger partial charge in [0.1, 0.15) is 0 Å². The highest BCUT2D eigenvalue weighted by atomic mass is 35.5. The summed E-state index contributed by atoms with van der Waals surface area (Å²) in [4.78, 5) is 10.4. The van der Waals surface area contributed by atoms with E-state index in [9.17, 15) is 4.79 Å². The van der Waals surface area contributed by atoms with E-state index in [4.69, 9.17) is 27.7 Å². The Labute approximate surface area is 85.5 Å². The number of nitrogens with zero attached hydrogens (tertiary/aromatic N) is 1. The van der Waals surface area contributed by atoms with Gasteiger partial charge in [-0.2, -0.15) is 5.26 Å². The molecule has 0 radical (unpaired) electrons. The van der Waals surface area contributed by atoms with Crippen LogP contribution in [0.4, 0.5) is 5.69 Å². The van der Waals surface area contributed by atoms with Crippen molar-refractivity contribution in [3.05, 3.63) is 28.3 Å². The minimum Gasteiger partial charge on any atom is -0.481 e. The van der Waals surface area contributed by atoms with E-state index in [1.807, 2.05) is 6.07 Å². The Hall–Kier alpha value is -1.73. The lowest BCUT2D eigenvalue weighted by Crippen LogP contribution is -2.03. The minimum absolute atomic E-state index is 0.233. The first-order chi connectivity index (χ1) is 6.54. The minimum atomic E-state index is -1.01. The SMILES string of the molecule is N#Cc1cc(N)c(Cl)cc1CC(=O)O. The van der Waals surface area contributed by atoms with Crippen LogP contribution >= 0.6 is 11.6 Å². The molecule has 0 fully saturated rings. The number of nitrogen functional groups attached to an aromatic ring is 1. The summed E-state index contributed by atoms with van der Waals surface area (Å²) in [5, 5.41) is 17.5. The van der Waals surface area contributed by atoms with Crippen molar-refractivity contribution in [1.82, 2.24) is 0 Å². The Morgan fingerprint density at radius 3 is 2.79 bits per heavy atom. The van der Waals surface area contributed by atoms with Crippen LogP contribution in [0.15, 0.2) is 12.1 Å². The van der Waals surface area contributed by atoms with E-state index < -0.39 is 5.97 Å². The molecule has 0 unspecified atom stereocenters. The van der Waals surface area contributed by atoms with E-state index in [0.717, 1.165) is 0 Å². The lowest BCUT2D eigenvalue weighted by Gasteiger charge is -2.04. The van der Waals surface area contributed by atoms with Gasteiger partial charge >= 0.3 is 5.97 Å². The zero-order chi connectivity index (χ0) is 10.7. The van der Waals surface area contributed by atoms with Crippen LogP contribution in [0.3, 0.4) is 0 Å². The number of nitriles is 1. The summed E-state index contributed by atoms with van der Waals surface area (Å²) < 4.78 is 0. The van der Waals surface area contributed by atoms with E-state index in [1.165, 1.54) is 12.1 Å². The van der Waals surface area contributed by atoms with Gasteiger partial charge in [0.2, 0.25) is 0 Å². The first kappa shape index (κ1) is 10.4. The van der Waals surface area contributed by atoms with Gasteiger partial charge in [-0.1, -0.05) is 11.6 Å². The highest BCUT2D eigenvalue weighted by Crippen LogP contribution is 2.23. The van der Waals surface area contributed by atoms with Gasteiger partial charge in [0.05, 0.1) is 28.8 Å². The monoisotopic (exact) mass is 210 g/mol. The number of anilines is 1. The first-order valence-corrected chi connectivity index (χ1v) is 4.12. The molecular formula is C9H7ClN2O2. The largest absolute Gasteiger partial charge is 0.481 e. The van der Waals surface area contributed by atoms with Gasteiger partial charge in [0.25, 0.3) is 0 Å². The molecule has 0 heterocycles. The van der Waals surface area contributed by atoms with Crippen molar-refractivity contribution >= 4 is 23.3 Å². The average molecular weight is 211 g/mol. The quantitative estimate of drug-likeness (QED) is 0.723. The summed E-state index contributed by atoms with van der Waals surface area (Å²) in [5.74, 6) is -1.01. The molecule has 0 bridgehead atoms. The second-order valence-corrected chi connectivity index (χ2v) is 3.12. The van der Waals surface area contributed by atoms with Crippen LogP contribution in [-0.4, -0.2) is 11.1 Å². The summed E-state index contributed by atoms with van der Waals surface area (Å²) in [7, 11) is 0. The van der Waals surface area contributed by atoms with Crippen LogP contribution < -0.4 is 5.73 Å². The third kappa shape index (κ3) is 2.15. The van der Waals surface area contributed by atoms with Crippen molar-refractivity contribution in [1.29, 1.82) is 5.26 Å². The number of halogens is 1. The summed E-state index contributed by atoms with van der Waals surface area (Å²) in [6.45, 7) is 0. The lowest BCUT2D eigenvalue weighted by atomic mass is 10.0. The standard InChI is InChI=1S/C9H7ClN2O2/c10-7-1-5(3-9(13)14)6(4-11)2-8(7)12/h1-2H,3,12H2,(H,13,14). The maximum atomic E-state index is 10.4. The Morgan fingerprint density at radius 1 is 1.64 bits per heavy atom. The molecule has 1 rings (SSSR count). The molecule has 0 atom stereocenters. The first-order valence-electron chi connectivity index (χ1n) is 3.74. The van der Waals surface area contributed by atoms with Crippen molar-refractivity contribution in [2.45, 2.75) is 6.42 Å². The van der Waals surface area contributed by atoms with E-state index in [-0.39, 0.29) is 22.7 Å². The topological polar surface area (TPSA) is 87.1 Å². The number of nitrogens with two attached hydrogens (primary N) is 1. The van der Waals surface area contributed by atoms with Crippen LogP contribution in [0, 0.1) is 11.3 Å². The number of aliphatic carboxylic acids is 1. The molecule has 0 aliphatic carbocycles. The average Bonchev–Trinajstić information content (AvgIpc) is 2.10. The van der Waals surface area contributed by atoms with E-state index in [2.05, 4.69) is 0 Å². The molecule has 1 aromatic carbocycles. The van der Waals surface area contributed by atoms with Gasteiger partial charge in [-0.15, -0.1) is 0 Å². The van der Waals surface area contributed by atoms with Crippen LogP contribution in [-0.2, 0) is 11.2 Å². The molecule has 0 amide bonds. The summed E-state index contributed by atoms with van der Waals surface area (Å²) >= 11 is 5.70. The molecule has 0 saturated carbocycles. The molecular weight excluding hydrogens is 204 g/mol. The predicted molar refractivity (Wildman–Crippen MR) is 51.9 cm³/mol. The van der Waals surface area contributed by atoms with Gasteiger partial charge in [-0.3, -0.25) is 4.79 Å². The number of rotatable bonds is 2. The summed E-state index contributed by atoms with van der Waals surface area (Å²) in [6.07, 6.45) is -0.233. The fourth-order valence-electron chi connectivity index (χ4n) is 1.04. The van der Waals surface area contributed by atoms with Crippen LogP contribution in [0.2, 0.25) is 5.02 Å². The molecule has 5 heteroatoms. The number of hydrogen-bond acceptors (Lipinski definition) is 3. The molecule has 0 spiro atoms. The molecule has 4 nitrogen and oxygen atoms in total. The fraction of sp³-hybridized carbons (Fsp3) is 0.111. The van der Waals surface area contributed by atoms with Crippen LogP contribution in [0.25, 0.3) is 0 Å². The van der Waals surface area contributed by atoms with E-state index in [1.54, 1.807) is 0 Å². The Morgan fingerprint density at radius 2 is 2.29 bits per heavy atom. The van der Waals surface area contributed by atoms with Crippen molar-refractivity contribution in [2.24, 2.45) is 0 Å². The number of benzene rings is 1. The third-order valence-electron chi connectivity index (χ3n) is 1.68. The van der Waals surface area contributed by atoms with Crippen molar-refractivity contribution < 1.29 is 9.90 Å². The van der Waals surface area contributed by atoms with Crippen LogP contribution in [0.5, 0.6) is 0 Å². The predicted octanol–water partition coefficient (Wildman–Crippen LogP) is 1.42. The highest BCUT2D eigenvalue weighted by molar-refractivity contribution is 6.33. The summed E-state index contributed by atoms with van der Waals surface area (Å²) in [5.41, 5.74) is 6.36. The summed E-state index contributed by atoms with van der Waals surface area (Å²) in [6, 6.07) is 4.65. The number of carboxylic acid groups (broad SMARTS) is 1. The zero-order valence-corrected chi connectivity index (χ0v) is 7.88. The highest BCUT2D eigenvalue weighted by Gasteiger charge is 2.09. The number of carbonyl (C=O) groups is 1. The van der Waals surface area contributed by atoms with Gasteiger partial charge in [-0.05, 0) is 17.7 Å². The number of carboxylic acids is 1. The normalized spacial score (nSPS) is 9.43. The Bertz CT molecular complexity index is 424. The Balaban J connectivity index is 3.22. The lowest BCUT2D eigenvalue weighted by molar-refractivity contribution is -0.136. The van der Waals surface area contributed by atoms with E-state index in [0.29, 0.717) is 5.56 Å². The molecule has 0 aliphatic heterocycles. The molecule has 0 aliphatic rings. The smallest absolute Gasteiger partial charge is 0.307 e. The fourth-order valence-corrected chi connectivity index (χ4v) is 1.23. The second-order valence-electron chi connectivity index (χ2n) is 2.71.